The van der Waals surface area contributed by atoms with Crippen LogP contribution in [-0.4, -0.2) is 58.1 Å². The molecule has 1 N–H and O–H groups in total. The summed E-state index contributed by atoms with van der Waals surface area (Å²) in [6.07, 6.45) is 2.88. The normalized spacial score (nSPS) is 13.7. The predicted molar refractivity (Wildman–Crippen MR) is 87.1 cm³/mol. The van der Waals surface area contributed by atoms with Crippen LogP contribution in [0.2, 0.25) is 0 Å². The summed E-state index contributed by atoms with van der Waals surface area (Å²) in [6, 6.07) is 4.89. The number of hydrogen-bond acceptors (Lipinski definition) is 5. The number of likely N-dealkylation sites (N-methyl/N-ethyl adjacent to an activating group) is 1. The maximum Gasteiger partial charge on any atom is 0.224 e. The van der Waals surface area contributed by atoms with E-state index in [4.69, 9.17) is 0 Å². The minimum Gasteiger partial charge on any atom is -0.371 e. The molecule has 0 fully saturated rings. The highest BCUT2D eigenvalue weighted by atomic mass is 19.1. The Morgan fingerprint density at radius 3 is 3.12 bits per heavy atom. The molecule has 8 heteroatoms. The van der Waals surface area contributed by atoms with E-state index in [0.717, 1.165) is 30.6 Å². The Morgan fingerprint density at radius 1 is 1.46 bits per heavy atom. The van der Waals surface area contributed by atoms with E-state index in [1.54, 1.807) is 18.0 Å². The van der Waals surface area contributed by atoms with Crippen molar-refractivity contribution in [1.29, 1.82) is 0 Å². The van der Waals surface area contributed by atoms with E-state index < -0.39 is 0 Å². The standard InChI is InChI=1S/C16H21FN6O/c1-22(9-6-15-18-20-21-19-15)16(24)7-10-23-8-2-3-12-11-13(17)4-5-14(12)23/h4-5,11H,2-3,6-10H2,1H3,(H,18,19,20,21). The number of benzene rings is 1. The van der Waals surface area contributed by atoms with Gasteiger partial charge < -0.3 is 9.80 Å². The largest absolute Gasteiger partial charge is 0.371 e. The minimum atomic E-state index is -0.201. The number of carbonyl (C=O) groups excluding carboxylic acids is 1. The minimum absolute atomic E-state index is 0.0766. The Bertz CT molecular complexity index is 690. The van der Waals surface area contributed by atoms with Gasteiger partial charge in [-0.2, -0.15) is 5.21 Å². The van der Waals surface area contributed by atoms with Crippen molar-refractivity contribution in [3.63, 3.8) is 0 Å². The summed E-state index contributed by atoms with van der Waals surface area (Å²) in [4.78, 5) is 16.1. The zero-order valence-electron chi connectivity index (χ0n) is 13.7. The fraction of sp³-hybridized carbons (Fsp3) is 0.500. The van der Waals surface area contributed by atoms with Gasteiger partial charge in [0.15, 0.2) is 5.82 Å². The summed E-state index contributed by atoms with van der Waals surface area (Å²) in [6.45, 7) is 2.10. The average Bonchev–Trinajstić information content (AvgIpc) is 3.10. The van der Waals surface area contributed by atoms with Crippen LogP contribution in [0.5, 0.6) is 0 Å². The Morgan fingerprint density at radius 2 is 2.33 bits per heavy atom. The summed E-state index contributed by atoms with van der Waals surface area (Å²) in [5, 5.41) is 13.6. The number of fused-ring (bicyclic) bond motifs is 1. The van der Waals surface area contributed by atoms with Crippen molar-refractivity contribution in [3.05, 3.63) is 35.4 Å². The molecular formula is C16H21FN6O. The molecular weight excluding hydrogens is 311 g/mol. The quantitative estimate of drug-likeness (QED) is 0.859. The maximum absolute atomic E-state index is 13.3. The van der Waals surface area contributed by atoms with Crippen LogP contribution in [0.4, 0.5) is 10.1 Å². The van der Waals surface area contributed by atoms with E-state index in [9.17, 15) is 9.18 Å². The molecule has 0 bridgehead atoms. The van der Waals surface area contributed by atoms with Crippen LogP contribution >= 0.6 is 0 Å². The number of H-pyrrole nitrogens is 1. The SMILES string of the molecule is CN(CCc1nn[nH]n1)C(=O)CCN1CCCc2cc(F)ccc21. The molecule has 2 heterocycles. The number of aromatic amines is 1. The first kappa shape index (κ1) is 16.4. The monoisotopic (exact) mass is 332 g/mol. The molecule has 1 amide bonds. The average molecular weight is 332 g/mol. The number of nitrogens with one attached hydrogen (secondary N) is 1. The van der Waals surface area contributed by atoms with Gasteiger partial charge in [-0.25, -0.2) is 4.39 Å². The molecule has 0 spiro atoms. The van der Waals surface area contributed by atoms with Crippen LogP contribution in [0.1, 0.15) is 24.2 Å². The molecule has 7 nitrogen and oxygen atoms in total. The van der Waals surface area contributed by atoms with Crippen LogP contribution in [0.25, 0.3) is 0 Å². The van der Waals surface area contributed by atoms with Gasteiger partial charge in [0.25, 0.3) is 0 Å². The van der Waals surface area contributed by atoms with Gasteiger partial charge in [-0.1, -0.05) is 5.21 Å². The lowest BCUT2D eigenvalue weighted by atomic mass is 10.0. The number of tetrazole rings is 1. The van der Waals surface area contributed by atoms with Gasteiger partial charge in [0.1, 0.15) is 5.82 Å². The Balaban J connectivity index is 1.51. The van der Waals surface area contributed by atoms with E-state index in [0.29, 0.717) is 31.8 Å². The van der Waals surface area contributed by atoms with Gasteiger partial charge in [-0.3, -0.25) is 4.79 Å². The zero-order valence-corrected chi connectivity index (χ0v) is 13.7. The van der Waals surface area contributed by atoms with Crippen molar-refractivity contribution in [3.8, 4) is 0 Å². The number of carbonyl (C=O) groups is 1. The van der Waals surface area contributed by atoms with Crippen LogP contribution in [0.3, 0.4) is 0 Å². The molecule has 24 heavy (non-hydrogen) atoms. The van der Waals surface area contributed by atoms with Crippen LogP contribution in [0.15, 0.2) is 18.2 Å². The molecule has 0 saturated carbocycles. The Hall–Kier alpha value is -2.51. The lowest BCUT2D eigenvalue weighted by Gasteiger charge is -2.31. The lowest BCUT2D eigenvalue weighted by molar-refractivity contribution is -0.129. The van der Waals surface area contributed by atoms with E-state index in [1.807, 2.05) is 6.07 Å². The molecule has 0 saturated heterocycles. The first-order chi connectivity index (χ1) is 11.6. The third-order valence-corrected chi connectivity index (χ3v) is 4.34. The number of anilines is 1. The molecule has 2 aromatic rings. The predicted octanol–water partition coefficient (Wildman–Crippen LogP) is 1.18. The van der Waals surface area contributed by atoms with Gasteiger partial charge in [0.2, 0.25) is 5.91 Å². The van der Waals surface area contributed by atoms with Gasteiger partial charge in [-0.15, -0.1) is 10.2 Å². The molecule has 1 aromatic heterocycles. The van der Waals surface area contributed by atoms with Crippen molar-refractivity contribution >= 4 is 11.6 Å². The van der Waals surface area contributed by atoms with Crippen LogP contribution in [0, 0.1) is 5.82 Å². The fourth-order valence-electron chi connectivity index (χ4n) is 2.98. The zero-order chi connectivity index (χ0) is 16.9. The highest BCUT2D eigenvalue weighted by Gasteiger charge is 2.19. The summed E-state index contributed by atoms with van der Waals surface area (Å²) in [5.74, 6) is 0.474. The van der Waals surface area contributed by atoms with Crippen molar-refractivity contribution in [2.24, 2.45) is 0 Å². The second-order valence-electron chi connectivity index (χ2n) is 6.01. The molecule has 3 rings (SSSR count). The van der Waals surface area contributed by atoms with Gasteiger partial charge in [0, 0.05) is 45.2 Å². The highest BCUT2D eigenvalue weighted by molar-refractivity contribution is 5.76. The second-order valence-corrected chi connectivity index (χ2v) is 6.01. The molecule has 1 aromatic carbocycles. The van der Waals surface area contributed by atoms with Crippen molar-refractivity contribution in [2.45, 2.75) is 25.7 Å². The molecule has 0 unspecified atom stereocenters. The van der Waals surface area contributed by atoms with Gasteiger partial charge >= 0.3 is 0 Å². The van der Waals surface area contributed by atoms with Crippen molar-refractivity contribution in [2.75, 3.05) is 31.6 Å². The van der Waals surface area contributed by atoms with Crippen molar-refractivity contribution in [1.82, 2.24) is 25.5 Å². The molecule has 0 aliphatic carbocycles. The summed E-state index contributed by atoms with van der Waals surface area (Å²) >= 11 is 0. The molecule has 1 aliphatic rings. The van der Waals surface area contributed by atoms with Crippen LogP contribution in [-0.2, 0) is 17.6 Å². The Labute approximate surface area is 139 Å². The molecule has 128 valence electrons. The van der Waals surface area contributed by atoms with E-state index >= 15 is 0 Å². The maximum atomic E-state index is 13.3. The highest BCUT2D eigenvalue weighted by Crippen LogP contribution is 2.27. The third-order valence-electron chi connectivity index (χ3n) is 4.34. The number of hydrogen-bond donors (Lipinski definition) is 1. The summed E-state index contributed by atoms with van der Waals surface area (Å²) in [7, 11) is 1.78. The smallest absolute Gasteiger partial charge is 0.224 e. The Kier molecular flexibility index (Phi) is 5.02. The number of nitrogens with zero attached hydrogens (tertiary/aromatic N) is 5. The molecule has 0 atom stereocenters. The van der Waals surface area contributed by atoms with E-state index in [2.05, 4.69) is 25.5 Å². The van der Waals surface area contributed by atoms with E-state index in [1.165, 1.54) is 6.07 Å². The summed E-state index contributed by atoms with van der Waals surface area (Å²) in [5.41, 5.74) is 2.07. The fourth-order valence-corrected chi connectivity index (χ4v) is 2.98. The first-order valence-corrected chi connectivity index (χ1v) is 8.13. The number of aryl methyl sites for hydroxylation is 1. The first-order valence-electron chi connectivity index (χ1n) is 8.13. The van der Waals surface area contributed by atoms with E-state index in [-0.39, 0.29) is 11.7 Å². The molecule has 1 aliphatic heterocycles. The van der Waals surface area contributed by atoms with Crippen molar-refractivity contribution < 1.29 is 9.18 Å². The second kappa shape index (κ2) is 7.37. The lowest BCUT2D eigenvalue weighted by Crippen LogP contribution is -2.35. The van der Waals surface area contributed by atoms with Gasteiger partial charge in [0.05, 0.1) is 0 Å². The number of rotatable bonds is 6. The molecule has 0 radical (unpaired) electrons. The number of halogens is 1. The topological polar surface area (TPSA) is 78.0 Å². The number of aromatic nitrogens is 4. The number of amides is 1. The third kappa shape index (κ3) is 3.87. The summed E-state index contributed by atoms with van der Waals surface area (Å²) < 4.78 is 13.3. The van der Waals surface area contributed by atoms with Gasteiger partial charge in [-0.05, 0) is 36.6 Å². The van der Waals surface area contributed by atoms with Crippen LogP contribution < -0.4 is 4.90 Å².